The molecule has 0 bridgehead atoms. The molecule has 0 amide bonds. The Labute approximate surface area is 217 Å². The van der Waals surface area contributed by atoms with Gasteiger partial charge < -0.3 is 14.6 Å². The Morgan fingerprint density at radius 2 is 1.58 bits per heavy atom. The monoisotopic (exact) mass is 534 g/mol. The zero-order chi connectivity index (χ0) is 27.6. The zero-order valence-corrected chi connectivity index (χ0v) is 20.9. The molecule has 1 N–H and O–H groups in total. The topological polar surface area (TPSA) is 55.8 Å². The highest BCUT2D eigenvalue weighted by Crippen LogP contribution is 2.37. The highest BCUT2D eigenvalue weighted by Gasteiger charge is 2.29. The highest BCUT2D eigenvalue weighted by atomic mass is 19.2. The molecule has 0 aliphatic heterocycles. The highest BCUT2D eigenvalue weighted by molar-refractivity contribution is 5.90. The lowest BCUT2D eigenvalue weighted by atomic mass is 9.82. The number of aliphatic hydroxyl groups is 1. The number of aliphatic hydroxyl groups excluding tert-OH is 1. The summed E-state index contributed by atoms with van der Waals surface area (Å²) in [5, 5.41) is 9.57. The number of carbonyl (C=O) groups is 1. The molecule has 9 heteroatoms. The molecule has 0 aromatic heterocycles. The molecule has 0 radical (unpaired) electrons. The van der Waals surface area contributed by atoms with Crippen molar-refractivity contribution in [1.82, 2.24) is 0 Å². The van der Waals surface area contributed by atoms with E-state index in [1.807, 2.05) is 0 Å². The van der Waals surface area contributed by atoms with Gasteiger partial charge >= 0.3 is 5.97 Å². The molecule has 3 aromatic carbocycles. The number of carbonyl (C=O) groups excluding carboxylic acids is 1. The van der Waals surface area contributed by atoms with Gasteiger partial charge in [0, 0.05) is 16.7 Å². The van der Waals surface area contributed by atoms with Gasteiger partial charge in [0.2, 0.25) is 5.82 Å². The number of esters is 1. The van der Waals surface area contributed by atoms with Crippen LogP contribution in [0.4, 0.5) is 22.0 Å². The first kappa shape index (κ1) is 27.6. The SMILES string of the molecule is CCOc1ccc(-c2ccc(C(=O)OC3CCC(c4ccc(C(C)O)c(F)c4F)CC3)cc2F)c(F)c1F. The molecule has 1 aliphatic rings. The van der Waals surface area contributed by atoms with Crippen molar-refractivity contribution in [3.05, 3.63) is 88.2 Å². The Kier molecular flexibility index (Phi) is 8.35. The minimum Gasteiger partial charge on any atom is -0.491 e. The first-order chi connectivity index (χ1) is 18.1. The van der Waals surface area contributed by atoms with Crippen LogP contribution in [0, 0.1) is 29.1 Å². The minimum atomic E-state index is -1.27. The molecule has 0 spiro atoms. The summed E-state index contributed by atoms with van der Waals surface area (Å²) in [7, 11) is 0. The van der Waals surface area contributed by atoms with Gasteiger partial charge in [-0.15, -0.1) is 0 Å². The quantitative estimate of drug-likeness (QED) is 0.254. The largest absolute Gasteiger partial charge is 0.491 e. The van der Waals surface area contributed by atoms with Crippen LogP contribution in [0.15, 0.2) is 42.5 Å². The maximum Gasteiger partial charge on any atom is 0.338 e. The van der Waals surface area contributed by atoms with E-state index in [1.165, 1.54) is 43.3 Å². The third-order valence-electron chi connectivity index (χ3n) is 6.82. The Bertz CT molecular complexity index is 1330. The van der Waals surface area contributed by atoms with Crippen molar-refractivity contribution in [2.24, 2.45) is 0 Å². The van der Waals surface area contributed by atoms with Crippen LogP contribution >= 0.6 is 0 Å². The van der Waals surface area contributed by atoms with Crippen molar-refractivity contribution < 1.29 is 41.3 Å². The number of benzene rings is 3. The van der Waals surface area contributed by atoms with E-state index in [1.54, 1.807) is 6.92 Å². The standard InChI is InChI=1S/C29H27F5O4/c1-3-37-24-13-12-22(27(33)28(24)34)21-9-6-17(14-23(21)30)29(36)38-18-7-4-16(5-8-18)20-11-10-19(15(2)35)25(31)26(20)32/h6,9-16,18,35H,3-5,7-8H2,1-2H3. The maximum absolute atomic E-state index is 14.8. The van der Waals surface area contributed by atoms with Crippen LogP contribution in [-0.4, -0.2) is 23.8 Å². The van der Waals surface area contributed by atoms with Crippen molar-refractivity contribution in [2.75, 3.05) is 6.61 Å². The van der Waals surface area contributed by atoms with E-state index >= 15 is 0 Å². The van der Waals surface area contributed by atoms with E-state index < -0.39 is 47.3 Å². The van der Waals surface area contributed by atoms with Gasteiger partial charge in [0.15, 0.2) is 23.2 Å². The molecule has 3 aromatic rings. The molecule has 1 unspecified atom stereocenters. The molecule has 4 rings (SSSR count). The maximum atomic E-state index is 14.8. The molecule has 202 valence electrons. The molecule has 38 heavy (non-hydrogen) atoms. The molecule has 1 fully saturated rings. The van der Waals surface area contributed by atoms with Crippen LogP contribution in [0.25, 0.3) is 11.1 Å². The number of rotatable bonds is 7. The summed E-state index contributed by atoms with van der Waals surface area (Å²) in [6.45, 7) is 3.11. The van der Waals surface area contributed by atoms with Crippen molar-refractivity contribution in [3.63, 3.8) is 0 Å². The molecule has 1 saturated carbocycles. The fourth-order valence-electron chi connectivity index (χ4n) is 4.80. The summed E-state index contributed by atoms with van der Waals surface area (Å²) in [6.07, 6.45) is 0.0494. The number of hydrogen-bond donors (Lipinski definition) is 1. The molecule has 1 aliphatic carbocycles. The molecule has 4 nitrogen and oxygen atoms in total. The summed E-state index contributed by atoms with van der Waals surface area (Å²) >= 11 is 0. The lowest BCUT2D eigenvalue weighted by molar-refractivity contribution is 0.0193. The predicted octanol–water partition coefficient (Wildman–Crippen LogP) is 7.38. The van der Waals surface area contributed by atoms with Crippen LogP contribution in [-0.2, 0) is 4.74 Å². The van der Waals surface area contributed by atoms with E-state index in [-0.39, 0.29) is 46.1 Å². The van der Waals surface area contributed by atoms with Crippen molar-refractivity contribution in [2.45, 2.75) is 57.7 Å². The summed E-state index contributed by atoms with van der Waals surface area (Å²) in [5.41, 5.74) is -0.527. The molecule has 0 heterocycles. The first-order valence-electron chi connectivity index (χ1n) is 12.4. The second kappa shape index (κ2) is 11.5. The summed E-state index contributed by atoms with van der Waals surface area (Å²) in [4.78, 5) is 12.6. The summed E-state index contributed by atoms with van der Waals surface area (Å²) in [6, 6.07) is 8.59. The van der Waals surface area contributed by atoms with Crippen LogP contribution in [0.3, 0.4) is 0 Å². The number of ether oxygens (including phenoxy) is 2. The van der Waals surface area contributed by atoms with E-state index in [9.17, 15) is 31.9 Å². The van der Waals surface area contributed by atoms with E-state index in [4.69, 9.17) is 9.47 Å². The Morgan fingerprint density at radius 1 is 0.895 bits per heavy atom. The van der Waals surface area contributed by atoms with Crippen LogP contribution < -0.4 is 4.74 Å². The van der Waals surface area contributed by atoms with Gasteiger partial charge in [0.25, 0.3) is 0 Å². The molecule has 1 atom stereocenters. The van der Waals surface area contributed by atoms with Crippen LogP contribution in [0.1, 0.15) is 73.0 Å². The fourth-order valence-corrected chi connectivity index (χ4v) is 4.80. The normalized spacial score (nSPS) is 18.2. The molecule has 0 saturated heterocycles. The second-order valence-corrected chi connectivity index (χ2v) is 9.29. The van der Waals surface area contributed by atoms with Crippen LogP contribution in [0.5, 0.6) is 5.75 Å². The second-order valence-electron chi connectivity index (χ2n) is 9.29. The van der Waals surface area contributed by atoms with Crippen LogP contribution in [0.2, 0.25) is 0 Å². The van der Waals surface area contributed by atoms with Crippen molar-refractivity contribution in [1.29, 1.82) is 0 Å². The first-order valence-corrected chi connectivity index (χ1v) is 12.4. The Balaban J connectivity index is 1.41. The summed E-state index contributed by atoms with van der Waals surface area (Å²) in [5.74, 6) is -6.81. The van der Waals surface area contributed by atoms with Gasteiger partial charge in [-0.05, 0) is 75.3 Å². The lowest BCUT2D eigenvalue weighted by Gasteiger charge is -2.29. The third kappa shape index (κ3) is 5.53. The minimum absolute atomic E-state index is 0.0954. The van der Waals surface area contributed by atoms with Crippen molar-refractivity contribution in [3.8, 4) is 16.9 Å². The van der Waals surface area contributed by atoms with Crippen molar-refractivity contribution >= 4 is 5.97 Å². The van der Waals surface area contributed by atoms with E-state index in [0.717, 1.165) is 6.07 Å². The Hall–Kier alpha value is -3.46. The van der Waals surface area contributed by atoms with E-state index in [0.29, 0.717) is 25.7 Å². The van der Waals surface area contributed by atoms with Gasteiger partial charge in [-0.1, -0.05) is 18.2 Å². The average molecular weight is 535 g/mol. The predicted molar refractivity (Wildman–Crippen MR) is 130 cm³/mol. The third-order valence-corrected chi connectivity index (χ3v) is 6.82. The number of hydrogen-bond acceptors (Lipinski definition) is 4. The van der Waals surface area contributed by atoms with Gasteiger partial charge in [-0.3, -0.25) is 0 Å². The van der Waals surface area contributed by atoms with E-state index in [2.05, 4.69) is 0 Å². The van der Waals surface area contributed by atoms with Gasteiger partial charge in [-0.25, -0.2) is 22.4 Å². The lowest BCUT2D eigenvalue weighted by Crippen LogP contribution is -2.24. The van der Waals surface area contributed by atoms with Gasteiger partial charge in [-0.2, -0.15) is 4.39 Å². The molecular weight excluding hydrogens is 507 g/mol. The smallest absolute Gasteiger partial charge is 0.338 e. The summed E-state index contributed by atoms with van der Waals surface area (Å²) < 4.78 is 82.9. The van der Waals surface area contributed by atoms with Gasteiger partial charge in [0.1, 0.15) is 11.9 Å². The number of halogens is 5. The van der Waals surface area contributed by atoms with Gasteiger partial charge in [0.05, 0.1) is 18.3 Å². The Morgan fingerprint density at radius 3 is 2.21 bits per heavy atom. The fraction of sp³-hybridized carbons (Fsp3) is 0.345. The average Bonchev–Trinajstić information content (AvgIpc) is 2.89. The zero-order valence-electron chi connectivity index (χ0n) is 20.9. The molecular formula is C29H27F5O4.